The van der Waals surface area contributed by atoms with E-state index in [-0.39, 0.29) is 5.56 Å². The highest BCUT2D eigenvalue weighted by Gasteiger charge is 2.34. The summed E-state index contributed by atoms with van der Waals surface area (Å²) in [6.45, 7) is 2.09. The highest BCUT2D eigenvalue weighted by Crippen LogP contribution is 2.34. The van der Waals surface area contributed by atoms with E-state index in [1.807, 2.05) is 4.90 Å². The average Bonchev–Trinajstić information content (AvgIpc) is 2.45. The van der Waals surface area contributed by atoms with Crippen LogP contribution in [0.25, 0.3) is 0 Å². The fourth-order valence-electron chi connectivity index (χ4n) is 2.56. The van der Waals surface area contributed by atoms with E-state index in [9.17, 15) is 13.2 Å². The zero-order chi connectivity index (χ0) is 14.8. The van der Waals surface area contributed by atoms with Gasteiger partial charge in [-0.25, -0.2) is 0 Å². The lowest BCUT2D eigenvalue weighted by Gasteiger charge is -2.34. The largest absolute Gasteiger partial charge is 0.417 e. The first kappa shape index (κ1) is 14.7. The Kier molecular flexibility index (Phi) is 4.19. The van der Waals surface area contributed by atoms with E-state index in [0.717, 1.165) is 32.0 Å². The third kappa shape index (κ3) is 3.05. The summed E-state index contributed by atoms with van der Waals surface area (Å²) in [6, 6.07) is 5.38. The maximum atomic E-state index is 12.7. The molecule has 1 aliphatic heterocycles. The van der Waals surface area contributed by atoms with Crippen molar-refractivity contribution in [2.75, 3.05) is 24.5 Å². The van der Waals surface area contributed by atoms with Crippen molar-refractivity contribution in [1.29, 1.82) is 5.26 Å². The van der Waals surface area contributed by atoms with Crippen LogP contribution in [0.5, 0.6) is 0 Å². The number of nitriles is 1. The summed E-state index contributed by atoms with van der Waals surface area (Å²) in [5.41, 5.74) is 5.11. The maximum absolute atomic E-state index is 12.7. The van der Waals surface area contributed by atoms with Crippen molar-refractivity contribution in [3.8, 4) is 6.07 Å². The molecule has 3 nitrogen and oxygen atoms in total. The van der Waals surface area contributed by atoms with Crippen molar-refractivity contribution >= 4 is 5.69 Å². The molecule has 1 aliphatic rings. The first-order chi connectivity index (χ1) is 9.45. The molecule has 0 bridgehead atoms. The van der Waals surface area contributed by atoms with Crippen LogP contribution in [0.15, 0.2) is 18.2 Å². The highest BCUT2D eigenvalue weighted by atomic mass is 19.4. The number of anilines is 1. The Labute approximate surface area is 115 Å². The van der Waals surface area contributed by atoms with Gasteiger partial charge in [0.2, 0.25) is 0 Å². The second-order valence-corrected chi connectivity index (χ2v) is 5.03. The fourth-order valence-corrected chi connectivity index (χ4v) is 2.56. The molecule has 0 aromatic heterocycles. The zero-order valence-electron chi connectivity index (χ0n) is 11.0. The number of halogens is 3. The molecule has 2 N–H and O–H groups in total. The Balaban J connectivity index is 2.28. The summed E-state index contributed by atoms with van der Waals surface area (Å²) in [7, 11) is 0. The van der Waals surface area contributed by atoms with Crippen LogP contribution in [-0.2, 0) is 6.18 Å². The van der Waals surface area contributed by atoms with Crippen molar-refractivity contribution in [2.45, 2.75) is 19.0 Å². The predicted molar refractivity (Wildman–Crippen MR) is 70.2 cm³/mol. The van der Waals surface area contributed by atoms with Gasteiger partial charge < -0.3 is 10.6 Å². The smallest absolute Gasteiger partial charge is 0.371 e. The minimum atomic E-state index is -4.49. The molecule has 108 valence electrons. The Hall–Kier alpha value is -1.74. The third-order valence-corrected chi connectivity index (χ3v) is 3.65. The van der Waals surface area contributed by atoms with Gasteiger partial charge >= 0.3 is 6.18 Å². The fraction of sp³-hybridized carbons (Fsp3) is 0.500. The van der Waals surface area contributed by atoms with Gasteiger partial charge in [-0.3, -0.25) is 0 Å². The van der Waals surface area contributed by atoms with Crippen molar-refractivity contribution in [2.24, 2.45) is 11.7 Å². The molecule has 1 aromatic carbocycles. The lowest BCUT2D eigenvalue weighted by atomic mass is 9.97. The van der Waals surface area contributed by atoms with Crippen LogP contribution in [0.4, 0.5) is 18.9 Å². The van der Waals surface area contributed by atoms with E-state index < -0.39 is 11.7 Å². The van der Waals surface area contributed by atoms with Gasteiger partial charge in [-0.05, 0) is 43.5 Å². The second-order valence-electron chi connectivity index (χ2n) is 5.03. The van der Waals surface area contributed by atoms with E-state index >= 15 is 0 Å². The SMILES string of the molecule is N#Cc1cc(N2CCCC(CN)C2)ccc1C(F)(F)F. The lowest BCUT2D eigenvalue weighted by molar-refractivity contribution is -0.137. The van der Waals surface area contributed by atoms with Gasteiger partial charge in [0.15, 0.2) is 0 Å². The van der Waals surface area contributed by atoms with Crippen molar-refractivity contribution < 1.29 is 13.2 Å². The first-order valence-electron chi connectivity index (χ1n) is 6.52. The molecular formula is C14H16F3N3. The molecule has 0 aliphatic carbocycles. The minimum Gasteiger partial charge on any atom is -0.371 e. The zero-order valence-corrected chi connectivity index (χ0v) is 11.0. The Morgan fingerprint density at radius 1 is 1.40 bits per heavy atom. The van der Waals surface area contributed by atoms with Gasteiger partial charge in [0, 0.05) is 18.8 Å². The number of nitrogens with two attached hydrogens (primary N) is 1. The average molecular weight is 283 g/mol. The lowest BCUT2D eigenvalue weighted by Crippen LogP contribution is -2.38. The van der Waals surface area contributed by atoms with Gasteiger partial charge in [-0.1, -0.05) is 0 Å². The standard InChI is InChI=1S/C14H16F3N3/c15-14(16,17)13-4-3-12(6-11(13)8-19)20-5-1-2-10(7-18)9-20/h3-4,6,10H,1-2,5,7,9,18H2. The van der Waals surface area contributed by atoms with Crippen LogP contribution < -0.4 is 10.6 Å². The molecule has 20 heavy (non-hydrogen) atoms. The molecule has 0 spiro atoms. The van der Waals surface area contributed by atoms with Gasteiger partial charge in [0.1, 0.15) is 0 Å². The van der Waals surface area contributed by atoms with Crippen LogP contribution in [0, 0.1) is 17.2 Å². The first-order valence-corrected chi connectivity index (χ1v) is 6.52. The van der Waals surface area contributed by atoms with Crippen LogP contribution in [0.1, 0.15) is 24.0 Å². The normalized spacial score (nSPS) is 19.8. The molecule has 2 rings (SSSR count). The molecule has 1 saturated heterocycles. The summed E-state index contributed by atoms with van der Waals surface area (Å²) in [4.78, 5) is 2.00. The molecule has 1 aromatic rings. The van der Waals surface area contributed by atoms with E-state index in [1.54, 1.807) is 6.07 Å². The van der Waals surface area contributed by atoms with E-state index in [0.29, 0.717) is 18.2 Å². The Morgan fingerprint density at radius 2 is 2.15 bits per heavy atom. The molecular weight excluding hydrogens is 267 g/mol. The summed E-state index contributed by atoms with van der Waals surface area (Å²) >= 11 is 0. The molecule has 1 unspecified atom stereocenters. The highest BCUT2D eigenvalue weighted by molar-refractivity contribution is 5.55. The molecule has 1 heterocycles. The van der Waals surface area contributed by atoms with Crippen molar-refractivity contribution in [3.05, 3.63) is 29.3 Å². The molecule has 0 amide bonds. The quantitative estimate of drug-likeness (QED) is 0.908. The number of benzene rings is 1. The number of hydrogen-bond donors (Lipinski definition) is 1. The summed E-state index contributed by atoms with van der Waals surface area (Å²) in [5, 5.41) is 8.91. The number of piperidine rings is 1. The molecule has 0 radical (unpaired) electrons. The second kappa shape index (κ2) is 5.71. The van der Waals surface area contributed by atoms with Crippen molar-refractivity contribution in [3.63, 3.8) is 0 Å². The number of hydrogen-bond acceptors (Lipinski definition) is 3. The predicted octanol–water partition coefficient (Wildman–Crippen LogP) is 2.75. The monoisotopic (exact) mass is 283 g/mol. The van der Waals surface area contributed by atoms with Crippen molar-refractivity contribution in [1.82, 2.24) is 0 Å². The summed E-state index contributed by atoms with van der Waals surface area (Å²) in [6.07, 6.45) is -2.49. The van der Waals surface area contributed by atoms with Crippen LogP contribution in [0.2, 0.25) is 0 Å². The maximum Gasteiger partial charge on any atom is 0.417 e. The Morgan fingerprint density at radius 3 is 2.75 bits per heavy atom. The third-order valence-electron chi connectivity index (χ3n) is 3.65. The van der Waals surface area contributed by atoms with E-state index in [4.69, 9.17) is 11.0 Å². The van der Waals surface area contributed by atoms with Crippen LogP contribution >= 0.6 is 0 Å². The number of nitrogens with zero attached hydrogens (tertiary/aromatic N) is 2. The number of alkyl halides is 3. The molecule has 6 heteroatoms. The van der Waals surface area contributed by atoms with Crippen LogP contribution in [-0.4, -0.2) is 19.6 Å². The van der Waals surface area contributed by atoms with Gasteiger partial charge in [-0.15, -0.1) is 0 Å². The van der Waals surface area contributed by atoms with Gasteiger partial charge in [-0.2, -0.15) is 18.4 Å². The van der Waals surface area contributed by atoms with E-state index in [2.05, 4.69) is 0 Å². The summed E-state index contributed by atoms with van der Waals surface area (Å²) in [5.74, 6) is 0.358. The minimum absolute atomic E-state index is 0.329. The van der Waals surface area contributed by atoms with Gasteiger partial charge in [0.25, 0.3) is 0 Å². The summed E-state index contributed by atoms with van der Waals surface area (Å²) < 4.78 is 38.2. The van der Waals surface area contributed by atoms with Crippen LogP contribution in [0.3, 0.4) is 0 Å². The molecule has 1 atom stereocenters. The topological polar surface area (TPSA) is 53.0 Å². The molecule has 1 fully saturated rings. The Bertz CT molecular complexity index is 519. The van der Waals surface area contributed by atoms with E-state index in [1.165, 1.54) is 12.1 Å². The van der Waals surface area contributed by atoms with Gasteiger partial charge in [0.05, 0.1) is 17.2 Å². The number of rotatable bonds is 2. The molecule has 0 saturated carbocycles.